The lowest BCUT2D eigenvalue weighted by molar-refractivity contribution is 0.0395. The molecule has 138 valence electrons. The fourth-order valence-electron chi connectivity index (χ4n) is 2.66. The third-order valence-corrected chi connectivity index (χ3v) is 4.61. The smallest absolute Gasteiger partial charge is 0.264 e. The minimum absolute atomic E-state index is 0.0653. The van der Waals surface area contributed by atoms with E-state index in [4.69, 9.17) is 28.6 Å². The molecule has 1 aliphatic rings. The lowest BCUT2D eigenvalue weighted by Crippen LogP contribution is -2.37. The molecule has 0 unspecified atom stereocenters. The molecule has 3 rings (SSSR count). The van der Waals surface area contributed by atoms with E-state index < -0.39 is 5.56 Å². The van der Waals surface area contributed by atoms with Gasteiger partial charge in [-0.05, 0) is 36.5 Å². The third-order valence-electron chi connectivity index (χ3n) is 4.08. The van der Waals surface area contributed by atoms with Gasteiger partial charge >= 0.3 is 0 Å². The number of rotatable bonds is 5. The summed E-state index contributed by atoms with van der Waals surface area (Å²) in [7, 11) is 0. The minimum atomic E-state index is -0.479. The predicted molar refractivity (Wildman–Crippen MR) is 104 cm³/mol. The monoisotopic (exact) mass is 394 g/mol. The second kappa shape index (κ2) is 8.59. The molecule has 1 aromatic carbocycles. The number of aromatic nitrogens is 2. The number of aliphatic imine (C=N–C) groups is 1. The zero-order chi connectivity index (χ0) is 18.5. The first-order valence-corrected chi connectivity index (χ1v) is 8.99. The van der Waals surface area contributed by atoms with Crippen LogP contribution in [0.25, 0.3) is 5.69 Å². The van der Waals surface area contributed by atoms with Crippen molar-refractivity contribution in [2.75, 3.05) is 39.4 Å². The first-order chi connectivity index (χ1) is 12.6. The highest BCUT2D eigenvalue weighted by atomic mass is 35.5. The van der Waals surface area contributed by atoms with Crippen molar-refractivity contribution in [3.8, 4) is 11.6 Å². The Labute approximate surface area is 160 Å². The Balaban J connectivity index is 1.81. The summed E-state index contributed by atoms with van der Waals surface area (Å²) in [5.74, 6) is -0.254. The van der Waals surface area contributed by atoms with Gasteiger partial charge in [0.1, 0.15) is 5.56 Å². The molecule has 2 N–H and O–H groups in total. The number of nitrogens with zero attached hydrogens (tertiary/aromatic N) is 3. The maximum Gasteiger partial charge on any atom is 0.264 e. The van der Waals surface area contributed by atoms with Gasteiger partial charge in [0, 0.05) is 30.9 Å². The molecule has 26 heavy (non-hydrogen) atoms. The molecule has 0 amide bonds. The van der Waals surface area contributed by atoms with Gasteiger partial charge in [0.25, 0.3) is 5.56 Å². The van der Waals surface area contributed by atoms with Gasteiger partial charge in [-0.25, -0.2) is 0 Å². The van der Waals surface area contributed by atoms with E-state index >= 15 is 0 Å². The van der Waals surface area contributed by atoms with Gasteiger partial charge in [-0.3, -0.25) is 24.2 Å². The first-order valence-electron chi connectivity index (χ1n) is 8.20. The first kappa shape index (κ1) is 18.8. The number of hydrogen-bond donors (Lipinski definition) is 2. The molecule has 0 saturated carbocycles. The van der Waals surface area contributed by atoms with Crippen molar-refractivity contribution in [2.24, 2.45) is 4.99 Å². The number of H-pyrrole nitrogens is 1. The largest absolute Gasteiger partial charge is 0.494 e. The second-order valence-electron chi connectivity index (χ2n) is 5.80. The van der Waals surface area contributed by atoms with Crippen molar-refractivity contribution in [3.63, 3.8) is 0 Å². The molecule has 1 saturated heterocycles. The molecule has 1 aliphatic heterocycles. The molecule has 1 aromatic heterocycles. The molecule has 0 radical (unpaired) electrons. The summed E-state index contributed by atoms with van der Waals surface area (Å²) >= 11 is 11.1. The Hall–Kier alpha value is -2.00. The van der Waals surface area contributed by atoms with Crippen LogP contribution < -0.4 is 5.56 Å². The van der Waals surface area contributed by atoms with Crippen molar-refractivity contribution in [1.29, 1.82) is 0 Å². The summed E-state index contributed by atoms with van der Waals surface area (Å²) < 4.78 is 6.77. The lowest BCUT2D eigenvalue weighted by Gasteiger charge is -2.25. The summed E-state index contributed by atoms with van der Waals surface area (Å²) in [6.45, 7) is 4.51. The van der Waals surface area contributed by atoms with Crippen molar-refractivity contribution in [3.05, 3.63) is 50.0 Å². The number of ether oxygens (including phenoxy) is 1. The minimum Gasteiger partial charge on any atom is -0.494 e. The van der Waals surface area contributed by atoms with Gasteiger partial charge in [0.15, 0.2) is 4.77 Å². The van der Waals surface area contributed by atoms with Crippen LogP contribution in [0.3, 0.4) is 0 Å². The molecule has 1 fully saturated rings. The molecule has 7 nitrogen and oxygen atoms in total. The number of nitrogens with one attached hydrogen (secondary N) is 1. The van der Waals surface area contributed by atoms with E-state index in [1.54, 1.807) is 24.3 Å². The van der Waals surface area contributed by atoms with Gasteiger partial charge in [0.2, 0.25) is 5.88 Å². The molecule has 2 aromatic rings. The predicted octanol–water partition coefficient (Wildman–Crippen LogP) is 2.01. The Bertz CT molecular complexity index is 902. The summed E-state index contributed by atoms with van der Waals surface area (Å²) in [6.07, 6.45) is 1.38. The normalized spacial score (nSPS) is 15.6. The number of halogens is 1. The number of morpholine rings is 1. The van der Waals surface area contributed by atoms with Crippen molar-refractivity contribution in [1.82, 2.24) is 14.5 Å². The number of hydrogen-bond acceptors (Lipinski definition) is 6. The molecule has 0 bridgehead atoms. The van der Waals surface area contributed by atoms with Crippen LogP contribution in [0.4, 0.5) is 0 Å². The van der Waals surface area contributed by atoms with Gasteiger partial charge in [-0.15, -0.1) is 0 Å². The van der Waals surface area contributed by atoms with Crippen molar-refractivity contribution < 1.29 is 9.84 Å². The molecule has 0 spiro atoms. The van der Waals surface area contributed by atoms with Crippen LogP contribution in [-0.4, -0.2) is 65.2 Å². The van der Waals surface area contributed by atoms with Crippen molar-refractivity contribution in [2.45, 2.75) is 0 Å². The van der Waals surface area contributed by atoms with Crippen LogP contribution in [0.5, 0.6) is 5.88 Å². The third kappa shape index (κ3) is 4.39. The van der Waals surface area contributed by atoms with Crippen LogP contribution in [-0.2, 0) is 4.74 Å². The summed E-state index contributed by atoms with van der Waals surface area (Å²) in [5, 5.41) is 11.1. The van der Waals surface area contributed by atoms with Crippen LogP contribution in [0.2, 0.25) is 5.02 Å². The van der Waals surface area contributed by atoms with Gasteiger partial charge in [-0.1, -0.05) is 11.6 Å². The SMILES string of the molecule is O=c1[nH]c(=S)n(-c2ccc(Cl)cc2)c(O)c1C=NCCN1CCOCC1. The molecule has 0 atom stereocenters. The fraction of sp³-hybridized carbons (Fsp3) is 0.353. The Morgan fingerprint density at radius 1 is 1.31 bits per heavy atom. The number of benzene rings is 1. The number of aromatic hydroxyl groups is 1. The highest BCUT2D eigenvalue weighted by molar-refractivity contribution is 7.71. The standard InChI is InChI=1S/C17H19ClN4O3S/c18-12-1-3-13(4-2-12)22-16(24)14(15(23)20-17(22)26)11-19-5-6-21-7-9-25-10-8-21/h1-4,11,24H,5-10H2,(H,20,23,26). The molecular weight excluding hydrogens is 376 g/mol. The zero-order valence-electron chi connectivity index (χ0n) is 14.0. The van der Waals surface area contributed by atoms with E-state index in [-0.39, 0.29) is 16.2 Å². The van der Waals surface area contributed by atoms with E-state index in [0.717, 1.165) is 32.8 Å². The topological polar surface area (TPSA) is 82.8 Å². The van der Waals surface area contributed by atoms with Crippen LogP contribution >= 0.6 is 23.8 Å². The van der Waals surface area contributed by atoms with Gasteiger partial charge < -0.3 is 9.84 Å². The fourth-order valence-corrected chi connectivity index (χ4v) is 3.07. The summed E-state index contributed by atoms with van der Waals surface area (Å²) in [4.78, 5) is 21.2. The average molecular weight is 395 g/mol. The molecule has 2 heterocycles. The highest BCUT2D eigenvalue weighted by Crippen LogP contribution is 2.20. The average Bonchev–Trinajstić information content (AvgIpc) is 2.63. The summed E-state index contributed by atoms with van der Waals surface area (Å²) in [5.41, 5.74) is 0.180. The van der Waals surface area contributed by atoms with E-state index in [1.165, 1.54) is 10.8 Å². The van der Waals surface area contributed by atoms with Crippen LogP contribution in [0.1, 0.15) is 5.56 Å². The van der Waals surface area contributed by atoms with Crippen LogP contribution in [0.15, 0.2) is 34.1 Å². The Morgan fingerprint density at radius 3 is 2.69 bits per heavy atom. The van der Waals surface area contributed by atoms with Gasteiger partial charge in [-0.2, -0.15) is 0 Å². The van der Waals surface area contributed by atoms with Crippen molar-refractivity contribution >= 4 is 30.0 Å². The van der Waals surface area contributed by atoms with Crippen LogP contribution in [0, 0.1) is 4.77 Å². The quantitative estimate of drug-likeness (QED) is 0.598. The summed E-state index contributed by atoms with van der Waals surface area (Å²) in [6, 6.07) is 6.77. The maximum absolute atomic E-state index is 12.2. The van der Waals surface area contributed by atoms with E-state index in [1.807, 2.05) is 0 Å². The highest BCUT2D eigenvalue weighted by Gasteiger charge is 2.13. The molecule has 0 aliphatic carbocycles. The van der Waals surface area contributed by atoms with E-state index in [2.05, 4.69) is 14.9 Å². The lowest BCUT2D eigenvalue weighted by atomic mass is 10.3. The maximum atomic E-state index is 12.2. The molecule has 9 heteroatoms. The second-order valence-corrected chi connectivity index (χ2v) is 6.62. The Kier molecular flexibility index (Phi) is 6.20. The molecular formula is C17H19ClN4O3S. The zero-order valence-corrected chi connectivity index (χ0v) is 15.6. The number of aromatic amines is 1. The van der Waals surface area contributed by atoms with Gasteiger partial charge in [0.05, 0.1) is 25.4 Å². The van der Waals surface area contributed by atoms with E-state index in [9.17, 15) is 9.90 Å². The Morgan fingerprint density at radius 2 is 2.00 bits per heavy atom. The van der Waals surface area contributed by atoms with E-state index in [0.29, 0.717) is 17.3 Å².